The summed E-state index contributed by atoms with van der Waals surface area (Å²) in [5.41, 5.74) is 0.187. The Kier molecular flexibility index (Phi) is 17.7. The topological polar surface area (TPSA) is 98.7 Å². The van der Waals surface area contributed by atoms with Gasteiger partial charge < -0.3 is 23.6 Å². The Balaban J connectivity index is -0.000000720. The Morgan fingerprint density at radius 3 is 2.13 bits per heavy atom. The second-order valence-corrected chi connectivity index (χ2v) is 3.35. The Morgan fingerprint density at radius 2 is 1.80 bits per heavy atom. The summed E-state index contributed by atoms with van der Waals surface area (Å²) in [7, 11) is -4.96. The number of phosphoric ester groups is 1. The molecular weight excluding hydrogens is 277 g/mol. The summed E-state index contributed by atoms with van der Waals surface area (Å²) in [6.45, 7) is 3.97. The van der Waals surface area contributed by atoms with Crippen LogP contribution in [0.2, 0.25) is 0 Å². The monoisotopic (exact) mass is 286 g/mol. The largest absolute Gasteiger partial charge is 1.00 e. The Labute approximate surface area is 173 Å². The molecule has 0 atom stereocenters. The molecule has 0 aromatic heterocycles. The van der Waals surface area contributed by atoms with E-state index in [0.29, 0.717) is 0 Å². The smallest absolute Gasteiger partial charge is 0.790 e. The molecule has 0 unspecified atom stereocenters. The van der Waals surface area contributed by atoms with Crippen molar-refractivity contribution in [2.75, 3.05) is 13.2 Å². The third-order valence-electron chi connectivity index (χ3n) is 0.914. The molecule has 0 heterocycles. The van der Waals surface area contributed by atoms with Crippen molar-refractivity contribution in [1.29, 1.82) is 0 Å². The van der Waals surface area contributed by atoms with Crippen LogP contribution in [0.15, 0.2) is 12.2 Å². The van der Waals surface area contributed by atoms with E-state index in [1.54, 1.807) is 0 Å². The van der Waals surface area contributed by atoms with E-state index in [-0.39, 0.29) is 115 Å². The fourth-order valence-corrected chi connectivity index (χ4v) is 0.705. The van der Waals surface area contributed by atoms with E-state index < -0.39 is 20.4 Å². The van der Waals surface area contributed by atoms with Crippen molar-refractivity contribution in [2.24, 2.45) is 0 Å². The van der Waals surface area contributed by atoms with E-state index >= 15 is 0 Å². The summed E-state index contributed by atoms with van der Waals surface area (Å²) in [6.07, 6.45) is 0. The molecule has 0 amide bonds. The van der Waals surface area contributed by atoms with Gasteiger partial charge in [-0.25, -0.2) is 4.79 Å². The molecule has 0 bridgehead atoms. The van der Waals surface area contributed by atoms with Crippen molar-refractivity contribution >= 4 is 13.8 Å². The molecule has 0 aliphatic heterocycles. The zero-order valence-electron chi connectivity index (χ0n) is 9.02. The van der Waals surface area contributed by atoms with E-state index in [9.17, 15) is 19.1 Å². The summed E-state index contributed by atoms with van der Waals surface area (Å²) < 4.78 is 18.1. The van der Waals surface area contributed by atoms with Crippen LogP contribution in [0.3, 0.4) is 0 Å². The van der Waals surface area contributed by atoms with Gasteiger partial charge >= 0.3 is 109 Å². The maximum atomic E-state index is 10.7. The van der Waals surface area contributed by atoms with Crippen LogP contribution in [-0.4, -0.2) is 19.2 Å². The molecule has 0 aliphatic carbocycles. The second kappa shape index (κ2) is 11.7. The van der Waals surface area contributed by atoms with Gasteiger partial charge in [-0.05, 0) is 6.92 Å². The van der Waals surface area contributed by atoms with E-state index in [0.717, 1.165) is 0 Å². The van der Waals surface area contributed by atoms with Gasteiger partial charge in [0.1, 0.15) is 6.61 Å². The van der Waals surface area contributed by atoms with Crippen LogP contribution in [0, 0.1) is 0 Å². The maximum absolute atomic E-state index is 10.7. The minimum atomic E-state index is -4.96. The van der Waals surface area contributed by atoms with Crippen molar-refractivity contribution < 1.29 is 131 Å². The van der Waals surface area contributed by atoms with Crippen molar-refractivity contribution in [3.05, 3.63) is 12.2 Å². The molecular formula is C6H9K2O6P. The second-order valence-electron chi connectivity index (χ2n) is 2.20. The van der Waals surface area contributed by atoms with Crippen LogP contribution in [0.1, 0.15) is 6.92 Å². The zero-order valence-corrected chi connectivity index (χ0v) is 16.2. The van der Waals surface area contributed by atoms with Gasteiger partial charge in [-0.1, -0.05) is 6.58 Å². The SMILES string of the molecule is C=C(C)C(=O)OCCOP(=O)([O-])[O-].[K+].[K+]. The fourth-order valence-electron chi connectivity index (χ4n) is 0.407. The predicted molar refractivity (Wildman–Crippen MR) is 39.3 cm³/mol. The molecule has 0 saturated heterocycles. The van der Waals surface area contributed by atoms with Crippen LogP contribution in [0.5, 0.6) is 0 Å². The molecule has 0 spiro atoms. The van der Waals surface area contributed by atoms with Gasteiger partial charge in [0.15, 0.2) is 0 Å². The number of esters is 1. The number of carbonyl (C=O) groups is 1. The van der Waals surface area contributed by atoms with Crippen molar-refractivity contribution in [3.63, 3.8) is 0 Å². The first-order chi connectivity index (χ1) is 5.83. The van der Waals surface area contributed by atoms with Gasteiger partial charge in [-0.15, -0.1) is 0 Å². The summed E-state index contributed by atoms with van der Waals surface area (Å²) in [4.78, 5) is 30.5. The molecule has 0 radical (unpaired) electrons. The number of ether oxygens (including phenoxy) is 1. The Bertz CT molecular complexity index is 250. The van der Waals surface area contributed by atoms with Gasteiger partial charge in [0.05, 0.1) is 14.4 Å². The normalized spacial score (nSPS) is 9.53. The van der Waals surface area contributed by atoms with E-state index in [1.807, 2.05) is 0 Å². The van der Waals surface area contributed by atoms with Crippen LogP contribution < -0.4 is 113 Å². The molecule has 0 aromatic carbocycles. The van der Waals surface area contributed by atoms with Gasteiger partial charge in [-0.2, -0.15) is 0 Å². The van der Waals surface area contributed by atoms with Crippen LogP contribution in [0.25, 0.3) is 0 Å². The molecule has 0 aromatic rings. The fraction of sp³-hybridized carbons (Fsp3) is 0.500. The summed E-state index contributed by atoms with van der Waals surface area (Å²) >= 11 is 0. The number of hydrogen-bond donors (Lipinski definition) is 0. The van der Waals surface area contributed by atoms with Crippen molar-refractivity contribution in [2.45, 2.75) is 6.92 Å². The molecule has 9 heteroatoms. The first-order valence-corrected chi connectivity index (χ1v) is 4.78. The molecule has 6 nitrogen and oxygen atoms in total. The third-order valence-corrected chi connectivity index (χ3v) is 1.41. The predicted octanol–water partition coefficient (Wildman–Crippen LogP) is -7.04. The number of hydrogen-bond acceptors (Lipinski definition) is 6. The Morgan fingerprint density at radius 1 is 1.33 bits per heavy atom. The first kappa shape index (κ1) is 22.7. The third kappa shape index (κ3) is 16.6. The molecule has 0 N–H and O–H groups in total. The minimum Gasteiger partial charge on any atom is -0.790 e. The van der Waals surface area contributed by atoms with Gasteiger partial charge in [0.25, 0.3) is 0 Å². The Hall–Kier alpha value is 2.59. The zero-order chi connectivity index (χ0) is 10.5. The molecule has 0 saturated carbocycles. The summed E-state index contributed by atoms with van der Waals surface area (Å²) in [6, 6.07) is 0. The van der Waals surface area contributed by atoms with E-state index in [1.165, 1.54) is 6.92 Å². The van der Waals surface area contributed by atoms with Crippen molar-refractivity contribution in [1.82, 2.24) is 0 Å². The van der Waals surface area contributed by atoms with Crippen LogP contribution in [0.4, 0.5) is 0 Å². The van der Waals surface area contributed by atoms with Gasteiger partial charge in [0, 0.05) is 5.57 Å². The molecule has 15 heavy (non-hydrogen) atoms. The average molecular weight is 286 g/mol. The summed E-state index contributed by atoms with van der Waals surface area (Å²) in [5, 5.41) is 0. The molecule has 0 fully saturated rings. The van der Waals surface area contributed by atoms with Gasteiger partial charge in [-0.3, -0.25) is 0 Å². The number of carbonyl (C=O) groups excluding carboxylic acids is 1. The number of phosphoric acid groups is 1. The van der Waals surface area contributed by atoms with E-state index in [4.69, 9.17) is 0 Å². The molecule has 0 aliphatic rings. The first-order valence-electron chi connectivity index (χ1n) is 3.32. The molecule has 0 rings (SSSR count). The minimum absolute atomic E-state index is 0. The summed E-state index contributed by atoms with van der Waals surface area (Å²) in [5.74, 6) is -0.657. The quantitative estimate of drug-likeness (QED) is 0.164. The van der Waals surface area contributed by atoms with Crippen molar-refractivity contribution in [3.8, 4) is 0 Å². The maximum Gasteiger partial charge on any atom is 1.00 e. The van der Waals surface area contributed by atoms with Crippen LogP contribution >= 0.6 is 7.82 Å². The number of rotatable bonds is 5. The molecule has 76 valence electrons. The van der Waals surface area contributed by atoms with E-state index in [2.05, 4.69) is 15.8 Å². The standard InChI is InChI=1S/C6H11O6P.2K/c1-5(2)6(7)11-3-4-12-13(8,9)10;;/h1,3-4H2,2H3,(H2,8,9,10);;/q;2*+1/p-2. The average Bonchev–Trinajstić information content (AvgIpc) is 1.95. The van der Waals surface area contributed by atoms with Crippen LogP contribution in [-0.2, 0) is 18.6 Å². The van der Waals surface area contributed by atoms with Gasteiger partial charge in [0.2, 0.25) is 0 Å².